The van der Waals surface area contributed by atoms with Crippen LogP contribution in [0.25, 0.3) is 0 Å². The number of pyridine rings is 2. The first-order chi connectivity index (χ1) is 14.8. The quantitative estimate of drug-likeness (QED) is 0.353. The Kier molecular flexibility index (Phi) is 9.41. The molecular formula is C21H31FN6O3. The lowest BCUT2D eigenvalue weighted by Crippen LogP contribution is -2.38. The molecule has 0 fully saturated rings. The van der Waals surface area contributed by atoms with Crippen LogP contribution in [-0.4, -0.2) is 48.3 Å². The van der Waals surface area contributed by atoms with Gasteiger partial charge < -0.3 is 31.6 Å². The van der Waals surface area contributed by atoms with Crippen LogP contribution in [0.3, 0.4) is 0 Å². The normalized spacial score (nSPS) is 12.8. The summed E-state index contributed by atoms with van der Waals surface area (Å²) in [7, 11) is 1.57. The van der Waals surface area contributed by atoms with Crippen molar-refractivity contribution in [1.82, 2.24) is 9.97 Å². The van der Waals surface area contributed by atoms with Gasteiger partial charge in [-0.3, -0.25) is 4.79 Å². The minimum Gasteiger partial charge on any atom is -0.475 e. The molecule has 0 spiro atoms. The summed E-state index contributed by atoms with van der Waals surface area (Å²) < 4.78 is 25.1. The molecule has 6 N–H and O–H groups in total. The summed E-state index contributed by atoms with van der Waals surface area (Å²) in [5.74, 6) is -1.01. The van der Waals surface area contributed by atoms with Gasteiger partial charge in [-0.25, -0.2) is 14.4 Å². The number of ether oxygens (including phenoxy) is 2. The summed E-state index contributed by atoms with van der Waals surface area (Å²) >= 11 is 0. The van der Waals surface area contributed by atoms with Gasteiger partial charge in [0.2, 0.25) is 5.88 Å². The molecule has 2 heterocycles. The van der Waals surface area contributed by atoms with Crippen LogP contribution in [0.1, 0.15) is 43.5 Å². The highest BCUT2D eigenvalue weighted by atomic mass is 19.1. The third kappa shape index (κ3) is 7.34. The lowest BCUT2D eigenvalue weighted by atomic mass is 10.0. The number of amides is 1. The molecule has 0 aliphatic rings. The third-order valence-electron chi connectivity index (χ3n) is 4.60. The Balaban J connectivity index is 2.30. The summed E-state index contributed by atoms with van der Waals surface area (Å²) in [6.07, 6.45) is 4.23. The van der Waals surface area contributed by atoms with Crippen molar-refractivity contribution >= 4 is 23.2 Å². The minimum absolute atomic E-state index is 0.00322. The highest BCUT2D eigenvalue weighted by Gasteiger charge is 2.20. The lowest BCUT2D eigenvalue weighted by Gasteiger charge is -2.23. The van der Waals surface area contributed by atoms with Crippen LogP contribution in [0.2, 0.25) is 0 Å². The van der Waals surface area contributed by atoms with E-state index in [-0.39, 0.29) is 29.3 Å². The van der Waals surface area contributed by atoms with Crippen molar-refractivity contribution in [3.63, 3.8) is 0 Å². The number of primary amides is 1. The molecule has 2 atom stereocenters. The smallest absolute Gasteiger partial charge is 0.252 e. The highest BCUT2D eigenvalue weighted by Crippen LogP contribution is 2.26. The van der Waals surface area contributed by atoms with E-state index < -0.39 is 11.7 Å². The topological polar surface area (TPSA) is 137 Å². The number of hydrogen-bond donors (Lipinski definition) is 4. The molecule has 10 heteroatoms. The van der Waals surface area contributed by atoms with E-state index in [0.29, 0.717) is 24.8 Å². The number of halogens is 1. The summed E-state index contributed by atoms with van der Waals surface area (Å²) in [5, 5.41) is 6.06. The van der Waals surface area contributed by atoms with Crippen LogP contribution >= 0.6 is 0 Å². The first-order valence-corrected chi connectivity index (χ1v) is 10.2. The van der Waals surface area contributed by atoms with Gasteiger partial charge in [0, 0.05) is 37.1 Å². The third-order valence-corrected chi connectivity index (χ3v) is 4.60. The molecule has 170 valence electrons. The molecule has 2 aromatic rings. The summed E-state index contributed by atoms with van der Waals surface area (Å²) in [5.41, 5.74) is 12.0. The maximum Gasteiger partial charge on any atom is 0.252 e. The molecule has 0 aliphatic heterocycles. The maximum absolute atomic E-state index is 14.7. The molecule has 0 bridgehead atoms. The van der Waals surface area contributed by atoms with Crippen molar-refractivity contribution in [2.45, 2.75) is 45.2 Å². The first-order valence-electron chi connectivity index (χ1n) is 10.2. The second kappa shape index (κ2) is 12.0. The van der Waals surface area contributed by atoms with Gasteiger partial charge in [0.25, 0.3) is 5.91 Å². The zero-order chi connectivity index (χ0) is 22.8. The number of methoxy groups -OCH3 is 1. The molecule has 0 aromatic carbocycles. The van der Waals surface area contributed by atoms with E-state index in [1.54, 1.807) is 19.2 Å². The van der Waals surface area contributed by atoms with Crippen molar-refractivity contribution in [3.05, 3.63) is 35.8 Å². The monoisotopic (exact) mass is 434 g/mol. The van der Waals surface area contributed by atoms with Crippen LogP contribution in [0, 0.1) is 5.82 Å². The Labute approximate surface area is 181 Å². The molecule has 0 saturated heterocycles. The Hall–Kier alpha value is -2.98. The standard InChI is InChI=1S/C21H31FN6O3/c1-4-5-6-17(13(2)23)27-21-16(22)12-15(19(24)29)20(28-21)26-14-7-8-25-18(11-14)31-10-9-30-3/h7-8,11-13,17H,4-6,9-10,23H2,1-3H3,(H2,24,29)(H2,25,26,27,28)/t13-,17+/m0/s1. The van der Waals surface area contributed by atoms with E-state index in [2.05, 4.69) is 27.5 Å². The SMILES string of the molecule is CCCC[C@@H](Nc1nc(Nc2ccnc(OCCOC)c2)c(C(N)=O)cc1F)[C@H](C)N. The average molecular weight is 435 g/mol. The van der Waals surface area contributed by atoms with Crippen LogP contribution in [0.5, 0.6) is 5.88 Å². The molecule has 0 unspecified atom stereocenters. The summed E-state index contributed by atoms with van der Waals surface area (Å²) in [6, 6.07) is 3.97. The Morgan fingerprint density at radius 2 is 2.06 bits per heavy atom. The number of rotatable bonds is 13. The maximum atomic E-state index is 14.7. The number of nitrogens with zero attached hydrogens (tertiary/aromatic N) is 2. The van der Waals surface area contributed by atoms with E-state index in [1.807, 2.05) is 6.92 Å². The van der Waals surface area contributed by atoms with Crippen LogP contribution in [0.4, 0.5) is 21.7 Å². The predicted molar refractivity (Wildman–Crippen MR) is 118 cm³/mol. The van der Waals surface area contributed by atoms with Crippen molar-refractivity contribution in [1.29, 1.82) is 0 Å². The van der Waals surface area contributed by atoms with Crippen molar-refractivity contribution in [3.8, 4) is 5.88 Å². The highest BCUT2D eigenvalue weighted by molar-refractivity contribution is 5.98. The second-order valence-corrected chi connectivity index (χ2v) is 7.18. The molecular weight excluding hydrogens is 403 g/mol. The van der Waals surface area contributed by atoms with Gasteiger partial charge in [0.05, 0.1) is 12.2 Å². The van der Waals surface area contributed by atoms with Crippen LogP contribution in [0.15, 0.2) is 24.4 Å². The van der Waals surface area contributed by atoms with Crippen molar-refractivity contribution in [2.75, 3.05) is 31.0 Å². The van der Waals surface area contributed by atoms with Gasteiger partial charge in [0.1, 0.15) is 12.4 Å². The minimum atomic E-state index is -0.805. The number of hydrogen-bond acceptors (Lipinski definition) is 8. The van der Waals surface area contributed by atoms with E-state index >= 15 is 0 Å². The molecule has 0 saturated carbocycles. The molecule has 2 aromatic heterocycles. The number of carbonyl (C=O) groups is 1. The van der Waals surface area contributed by atoms with Gasteiger partial charge in [0.15, 0.2) is 11.6 Å². The molecule has 9 nitrogen and oxygen atoms in total. The summed E-state index contributed by atoms with van der Waals surface area (Å²) in [6.45, 7) is 4.67. The largest absolute Gasteiger partial charge is 0.475 e. The van der Waals surface area contributed by atoms with Crippen molar-refractivity contribution < 1.29 is 18.7 Å². The van der Waals surface area contributed by atoms with Gasteiger partial charge in [-0.2, -0.15) is 0 Å². The number of carbonyl (C=O) groups excluding carboxylic acids is 1. The van der Waals surface area contributed by atoms with Crippen LogP contribution in [-0.2, 0) is 4.74 Å². The predicted octanol–water partition coefficient (Wildman–Crippen LogP) is 2.80. The number of aromatic nitrogens is 2. The fourth-order valence-corrected chi connectivity index (χ4v) is 2.87. The van der Waals surface area contributed by atoms with Gasteiger partial charge in [-0.05, 0) is 25.5 Å². The first kappa shape index (κ1) is 24.3. The van der Waals surface area contributed by atoms with E-state index in [1.165, 1.54) is 6.20 Å². The summed E-state index contributed by atoms with van der Waals surface area (Å²) in [4.78, 5) is 20.3. The fourth-order valence-electron chi connectivity index (χ4n) is 2.87. The Bertz CT molecular complexity index is 865. The zero-order valence-corrected chi connectivity index (χ0v) is 18.2. The van der Waals surface area contributed by atoms with Crippen LogP contribution < -0.4 is 26.8 Å². The molecule has 31 heavy (non-hydrogen) atoms. The molecule has 2 rings (SSSR count). The number of nitrogens with two attached hydrogens (primary N) is 2. The molecule has 0 radical (unpaired) electrons. The fraction of sp³-hybridized carbons (Fsp3) is 0.476. The number of unbranched alkanes of at least 4 members (excludes halogenated alkanes) is 1. The lowest BCUT2D eigenvalue weighted by molar-refractivity contribution is 0.100. The van der Waals surface area contributed by atoms with Gasteiger partial charge >= 0.3 is 0 Å². The van der Waals surface area contributed by atoms with E-state index in [0.717, 1.165) is 25.3 Å². The van der Waals surface area contributed by atoms with Gasteiger partial charge in [-0.15, -0.1) is 0 Å². The molecule has 0 aliphatic carbocycles. The van der Waals surface area contributed by atoms with E-state index in [4.69, 9.17) is 20.9 Å². The Morgan fingerprint density at radius 1 is 1.29 bits per heavy atom. The molecule has 1 amide bonds. The second-order valence-electron chi connectivity index (χ2n) is 7.18. The average Bonchev–Trinajstić information content (AvgIpc) is 2.73. The van der Waals surface area contributed by atoms with Crippen molar-refractivity contribution in [2.24, 2.45) is 11.5 Å². The zero-order valence-electron chi connectivity index (χ0n) is 18.2. The number of anilines is 3. The number of nitrogens with one attached hydrogen (secondary N) is 2. The Morgan fingerprint density at radius 3 is 2.71 bits per heavy atom. The van der Waals surface area contributed by atoms with Gasteiger partial charge in [-0.1, -0.05) is 19.8 Å². The van der Waals surface area contributed by atoms with E-state index in [9.17, 15) is 9.18 Å².